The van der Waals surface area contributed by atoms with E-state index >= 15 is 0 Å². The molecule has 1 N–H and O–H groups in total. The molecule has 23 heavy (non-hydrogen) atoms. The molecule has 0 radical (unpaired) electrons. The molecule has 2 aromatic carbocycles. The minimum Gasteiger partial charge on any atom is -0.352 e. The van der Waals surface area contributed by atoms with E-state index in [2.05, 4.69) is 74.1 Å². The normalized spacial score (nSPS) is 10.7. The van der Waals surface area contributed by atoms with Crippen LogP contribution in [0.3, 0.4) is 0 Å². The molecule has 0 bridgehead atoms. The van der Waals surface area contributed by atoms with Crippen molar-refractivity contribution < 1.29 is 0 Å². The highest BCUT2D eigenvalue weighted by Crippen LogP contribution is 2.24. The molecule has 1 aromatic heterocycles. The topological polar surface area (TPSA) is 29.9 Å². The second kappa shape index (κ2) is 7.01. The van der Waals surface area contributed by atoms with Crippen molar-refractivity contribution in [3.05, 3.63) is 70.3 Å². The van der Waals surface area contributed by atoms with Crippen molar-refractivity contribution in [3.63, 3.8) is 0 Å². The standard InChI is InChI=1S/C19H20BrN3/c1-3-14-4-6-15(7-5-14)12-21-19-22-13-18(23(19)2)16-8-10-17(20)11-9-16/h4-11,13H,3,12H2,1-2H3,(H,21,22). The summed E-state index contributed by atoms with van der Waals surface area (Å²) in [6, 6.07) is 17.0. The van der Waals surface area contributed by atoms with E-state index in [0.717, 1.165) is 34.6 Å². The van der Waals surface area contributed by atoms with Gasteiger partial charge in [0.05, 0.1) is 11.9 Å². The van der Waals surface area contributed by atoms with E-state index in [9.17, 15) is 0 Å². The first kappa shape index (κ1) is 15.8. The Balaban J connectivity index is 1.72. The van der Waals surface area contributed by atoms with E-state index in [4.69, 9.17) is 0 Å². The lowest BCUT2D eigenvalue weighted by Gasteiger charge is -2.09. The number of nitrogens with one attached hydrogen (secondary N) is 1. The van der Waals surface area contributed by atoms with E-state index in [1.165, 1.54) is 11.1 Å². The number of aromatic nitrogens is 2. The van der Waals surface area contributed by atoms with Crippen molar-refractivity contribution in [1.82, 2.24) is 9.55 Å². The third-order valence-electron chi connectivity index (χ3n) is 4.01. The van der Waals surface area contributed by atoms with Gasteiger partial charge >= 0.3 is 0 Å². The minimum absolute atomic E-state index is 0.772. The zero-order valence-electron chi connectivity index (χ0n) is 13.4. The Kier molecular flexibility index (Phi) is 4.82. The van der Waals surface area contributed by atoms with Gasteiger partial charge in [-0.1, -0.05) is 59.3 Å². The number of nitrogens with zero attached hydrogens (tertiary/aromatic N) is 2. The van der Waals surface area contributed by atoms with Gasteiger partial charge in [0.25, 0.3) is 0 Å². The Morgan fingerprint density at radius 1 is 1.00 bits per heavy atom. The van der Waals surface area contributed by atoms with Crippen LogP contribution in [0, 0.1) is 0 Å². The van der Waals surface area contributed by atoms with Gasteiger partial charge in [-0.05, 0) is 35.2 Å². The smallest absolute Gasteiger partial charge is 0.203 e. The first-order chi connectivity index (χ1) is 11.2. The first-order valence-corrected chi connectivity index (χ1v) is 8.56. The monoisotopic (exact) mass is 369 g/mol. The van der Waals surface area contributed by atoms with Crippen LogP contribution in [0.15, 0.2) is 59.2 Å². The molecule has 1 heterocycles. The van der Waals surface area contributed by atoms with Gasteiger partial charge in [-0.15, -0.1) is 0 Å². The van der Waals surface area contributed by atoms with Gasteiger partial charge in [0, 0.05) is 18.1 Å². The zero-order chi connectivity index (χ0) is 16.2. The molecular formula is C19H20BrN3. The summed E-state index contributed by atoms with van der Waals surface area (Å²) in [5.74, 6) is 0.877. The van der Waals surface area contributed by atoms with Gasteiger partial charge in [0.15, 0.2) is 0 Å². The maximum atomic E-state index is 4.50. The summed E-state index contributed by atoms with van der Waals surface area (Å²) in [7, 11) is 2.03. The molecule has 0 amide bonds. The Labute approximate surface area is 145 Å². The molecular weight excluding hydrogens is 350 g/mol. The number of hydrogen-bond acceptors (Lipinski definition) is 2. The van der Waals surface area contributed by atoms with Crippen LogP contribution >= 0.6 is 15.9 Å². The minimum atomic E-state index is 0.772. The van der Waals surface area contributed by atoms with Gasteiger partial charge in [-0.25, -0.2) is 4.98 Å². The molecule has 0 atom stereocenters. The molecule has 0 saturated heterocycles. The third kappa shape index (κ3) is 3.64. The predicted molar refractivity (Wildman–Crippen MR) is 99.5 cm³/mol. The van der Waals surface area contributed by atoms with Crippen molar-refractivity contribution in [2.45, 2.75) is 19.9 Å². The Morgan fingerprint density at radius 3 is 2.30 bits per heavy atom. The van der Waals surface area contributed by atoms with Gasteiger partial charge in [-0.3, -0.25) is 0 Å². The van der Waals surface area contributed by atoms with E-state index < -0.39 is 0 Å². The maximum absolute atomic E-state index is 4.50. The fourth-order valence-corrected chi connectivity index (χ4v) is 2.80. The van der Waals surface area contributed by atoms with Gasteiger partial charge < -0.3 is 9.88 Å². The van der Waals surface area contributed by atoms with Crippen molar-refractivity contribution in [1.29, 1.82) is 0 Å². The van der Waals surface area contributed by atoms with Crippen molar-refractivity contribution in [2.24, 2.45) is 7.05 Å². The number of imidazole rings is 1. The molecule has 0 aliphatic carbocycles. The molecule has 3 nitrogen and oxygen atoms in total. The number of anilines is 1. The highest BCUT2D eigenvalue weighted by Gasteiger charge is 2.08. The second-order valence-corrected chi connectivity index (χ2v) is 6.47. The van der Waals surface area contributed by atoms with Crippen LogP contribution in [-0.4, -0.2) is 9.55 Å². The third-order valence-corrected chi connectivity index (χ3v) is 4.54. The Hall–Kier alpha value is -2.07. The highest BCUT2D eigenvalue weighted by atomic mass is 79.9. The number of halogens is 1. The molecule has 4 heteroatoms. The molecule has 0 unspecified atom stereocenters. The van der Waals surface area contributed by atoms with Crippen molar-refractivity contribution in [2.75, 3.05) is 5.32 Å². The number of benzene rings is 2. The fourth-order valence-electron chi connectivity index (χ4n) is 2.54. The largest absolute Gasteiger partial charge is 0.352 e. The summed E-state index contributed by atoms with van der Waals surface area (Å²) in [4.78, 5) is 4.50. The van der Waals surface area contributed by atoms with E-state index in [1.54, 1.807) is 0 Å². The van der Waals surface area contributed by atoms with Crippen LogP contribution in [0.4, 0.5) is 5.95 Å². The lowest BCUT2D eigenvalue weighted by atomic mass is 10.1. The Morgan fingerprint density at radius 2 is 1.65 bits per heavy atom. The second-order valence-electron chi connectivity index (χ2n) is 5.56. The van der Waals surface area contributed by atoms with Crippen molar-refractivity contribution in [3.8, 4) is 11.3 Å². The van der Waals surface area contributed by atoms with Crippen LogP contribution in [0.1, 0.15) is 18.1 Å². The number of aryl methyl sites for hydroxylation is 1. The summed E-state index contributed by atoms with van der Waals surface area (Å²) in [5, 5.41) is 3.41. The average molecular weight is 370 g/mol. The SMILES string of the molecule is CCc1ccc(CNc2ncc(-c3ccc(Br)cc3)n2C)cc1. The summed E-state index contributed by atoms with van der Waals surface area (Å²) in [6.07, 6.45) is 2.98. The molecule has 0 aliphatic heterocycles. The lowest BCUT2D eigenvalue weighted by molar-refractivity contribution is 0.906. The van der Waals surface area contributed by atoms with Gasteiger partial charge in [-0.2, -0.15) is 0 Å². The maximum Gasteiger partial charge on any atom is 0.203 e. The molecule has 118 valence electrons. The van der Waals surface area contributed by atoms with Crippen LogP contribution in [0.5, 0.6) is 0 Å². The van der Waals surface area contributed by atoms with Crippen LogP contribution < -0.4 is 5.32 Å². The van der Waals surface area contributed by atoms with E-state index in [-0.39, 0.29) is 0 Å². The molecule has 0 saturated carbocycles. The van der Waals surface area contributed by atoms with Gasteiger partial charge in [0.1, 0.15) is 0 Å². The van der Waals surface area contributed by atoms with Crippen LogP contribution in [0.25, 0.3) is 11.3 Å². The van der Waals surface area contributed by atoms with Crippen LogP contribution in [-0.2, 0) is 20.0 Å². The average Bonchev–Trinajstić information content (AvgIpc) is 2.95. The molecule has 0 spiro atoms. The van der Waals surface area contributed by atoms with Crippen LogP contribution in [0.2, 0.25) is 0 Å². The van der Waals surface area contributed by atoms with Gasteiger partial charge in [0.2, 0.25) is 5.95 Å². The summed E-state index contributed by atoms with van der Waals surface area (Å²) >= 11 is 3.47. The summed E-state index contributed by atoms with van der Waals surface area (Å²) in [5.41, 5.74) is 4.88. The molecule has 0 aliphatic rings. The Bertz CT molecular complexity index is 773. The van der Waals surface area contributed by atoms with Crippen molar-refractivity contribution >= 4 is 21.9 Å². The fraction of sp³-hybridized carbons (Fsp3) is 0.211. The zero-order valence-corrected chi connectivity index (χ0v) is 15.0. The number of rotatable bonds is 5. The molecule has 3 rings (SSSR count). The summed E-state index contributed by atoms with van der Waals surface area (Å²) in [6.45, 7) is 2.94. The van der Waals surface area contributed by atoms with E-state index in [1.807, 2.05) is 25.4 Å². The summed E-state index contributed by atoms with van der Waals surface area (Å²) < 4.78 is 3.17. The first-order valence-electron chi connectivity index (χ1n) is 7.76. The predicted octanol–water partition coefficient (Wildman–Crippen LogP) is 5.02. The highest BCUT2D eigenvalue weighted by molar-refractivity contribution is 9.10. The lowest BCUT2D eigenvalue weighted by Crippen LogP contribution is -2.05. The molecule has 0 fully saturated rings. The van der Waals surface area contributed by atoms with E-state index in [0.29, 0.717) is 0 Å². The molecule has 3 aromatic rings. The number of hydrogen-bond donors (Lipinski definition) is 1. The quantitative estimate of drug-likeness (QED) is 0.683.